The molecule has 0 bridgehead atoms. The maximum atomic E-state index is 13.2. The lowest BCUT2D eigenvalue weighted by atomic mass is 9.94. The Morgan fingerprint density at radius 2 is 1.85 bits per heavy atom. The van der Waals surface area contributed by atoms with Crippen LogP contribution in [0.3, 0.4) is 0 Å². The molecule has 0 aliphatic heterocycles. The number of halogens is 2. The van der Waals surface area contributed by atoms with E-state index in [4.69, 9.17) is 11.6 Å². The van der Waals surface area contributed by atoms with Crippen LogP contribution in [-0.4, -0.2) is 5.78 Å². The van der Waals surface area contributed by atoms with Gasteiger partial charge in [-0.2, -0.15) is 0 Å². The fraction of sp³-hybridized carbons (Fsp3) is 0.235. The molecule has 0 heterocycles. The van der Waals surface area contributed by atoms with Crippen LogP contribution in [0, 0.1) is 5.82 Å². The Morgan fingerprint density at radius 1 is 1.10 bits per heavy atom. The molecule has 0 saturated heterocycles. The zero-order valence-corrected chi connectivity index (χ0v) is 12.3. The summed E-state index contributed by atoms with van der Waals surface area (Å²) in [5.41, 5.74) is 3.19. The number of carbonyl (C=O) groups is 1. The van der Waals surface area contributed by atoms with E-state index < -0.39 is 5.82 Å². The first-order valence-corrected chi connectivity index (χ1v) is 7.06. The topological polar surface area (TPSA) is 17.1 Å². The van der Waals surface area contributed by atoms with Crippen molar-refractivity contribution in [3.8, 4) is 0 Å². The van der Waals surface area contributed by atoms with Crippen molar-refractivity contribution >= 4 is 17.4 Å². The van der Waals surface area contributed by atoms with E-state index in [1.807, 2.05) is 32.0 Å². The van der Waals surface area contributed by atoms with Gasteiger partial charge in [0.05, 0.1) is 5.02 Å². The Balaban J connectivity index is 2.48. The smallest absolute Gasteiger partial charge is 0.193 e. The lowest BCUT2D eigenvalue weighted by Crippen LogP contribution is -2.06. The van der Waals surface area contributed by atoms with Gasteiger partial charge in [0, 0.05) is 11.1 Å². The van der Waals surface area contributed by atoms with E-state index in [9.17, 15) is 9.18 Å². The molecule has 0 aliphatic rings. The Kier molecular flexibility index (Phi) is 4.56. The molecule has 0 atom stereocenters. The first kappa shape index (κ1) is 14.7. The van der Waals surface area contributed by atoms with Gasteiger partial charge in [-0.15, -0.1) is 0 Å². The molecule has 20 heavy (non-hydrogen) atoms. The summed E-state index contributed by atoms with van der Waals surface area (Å²) >= 11 is 5.75. The van der Waals surface area contributed by atoms with Crippen LogP contribution in [0.4, 0.5) is 4.39 Å². The second-order valence-corrected chi connectivity index (χ2v) is 5.06. The Morgan fingerprint density at radius 3 is 2.45 bits per heavy atom. The number of rotatable bonds is 4. The highest BCUT2D eigenvalue weighted by molar-refractivity contribution is 6.31. The minimum atomic E-state index is -0.513. The van der Waals surface area contributed by atoms with Crippen molar-refractivity contribution in [3.05, 3.63) is 69.5 Å². The average molecular weight is 291 g/mol. The highest BCUT2D eigenvalue weighted by Gasteiger charge is 2.15. The second kappa shape index (κ2) is 6.19. The van der Waals surface area contributed by atoms with Crippen molar-refractivity contribution in [1.82, 2.24) is 0 Å². The van der Waals surface area contributed by atoms with Gasteiger partial charge in [-0.25, -0.2) is 4.39 Å². The third kappa shape index (κ3) is 2.91. The van der Waals surface area contributed by atoms with Gasteiger partial charge in [0.25, 0.3) is 0 Å². The van der Waals surface area contributed by atoms with Gasteiger partial charge in [-0.05, 0) is 48.2 Å². The summed E-state index contributed by atoms with van der Waals surface area (Å²) in [6, 6.07) is 10.0. The SMILES string of the molecule is CCc1ccc(CC)c(C(=O)c2ccc(F)c(Cl)c2)c1. The molecule has 0 radical (unpaired) electrons. The van der Waals surface area contributed by atoms with E-state index in [1.54, 1.807) is 0 Å². The van der Waals surface area contributed by atoms with Crippen LogP contribution in [0.25, 0.3) is 0 Å². The average Bonchev–Trinajstić information content (AvgIpc) is 2.48. The van der Waals surface area contributed by atoms with Gasteiger partial charge < -0.3 is 0 Å². The molecular formula is C17H16ClFO. The van der Waals surface area contributed by atoms with Crippen LogP contribution in [0.1, 0.15) is 40.9 Å². The van der Waals surface area contributed by atoms with Crippen molar-refractivity contribution in [3.63, 3.8) is 0 Å². The van der Waals surface area contributed by atoms with Crippen LogP contribution in [0.5, 0.6) is 0 Å². The van der Waals surface area contributed by atoms with Gasteiger partial charge in [0.2, 0.25) is 0 Å². The fourth-order valence-electron chi connectivity index (χ4n) is 2.16. The first-order chi connectivity index (χ1) is 9.56. The third-order valence-corrected chi connectivity index (χ3v) is 3.68. The fourth-order valence-corrected chi connectivity index (χ4v) is 2.34. The number of hydrogen-bond acceptors (Lipinski definition) is 1. The molecule has 3 heteroatoms. The zero-order valence-electron chi connectivity index (χ0n) is 11.5. The molecule has 0 spiro atoms. The maximum absolute atomic E-state index is 13.2. The van der Waals surface area contributed by atoms with Crippen LogP contribution in [0.15, 0.2) is 36.4 Å². The van der Waals surface area contributed by atoms with Crippen LogP contribution in [-0.2, 0) is 12.8 Å². The summed E-state index contributed by atoms with van der Waals surface area (Å²) in [5, 5.41) is -0.0273. The molecule has 2 aromatic rings. The number of ketones is 1. The third-order valence-electron chi connectivity index (χ3n) is 3.39. The number of aryl methyl sites for hydroxylation is 2. The van der Waals surface area contributed by atoms with E-state index in [-0.39, 0.29) is 10.8 Å². The van der Waals surface area contributed by atoms with Gasteiger partial charge >= 0.3 is 0 Å². The normalized spacial score (nSPS) is 10.6. The predicted octanol–water partition coefficient (Wildman–Crippen LogP) is 4.83. The Hall–Kier alpha value is -1.67. The van der Waals surface area contributed by atoms with Gasteiger partial charge in [0.1, 0.15) is 5.82 Å². The largest absolute Gasteiger partial charge is 0.289 e. The maximum Gasteiger partial charge on any atom is 0.193 e. The minimum Gasteiger partial charge on any atom is -0.289 e. The van der Waals surface area contributed by atoms with E-state index in [1.165, 1.54) is 18.2 Å². The molecule has 0 aromatic heterocycles. The molecule has 1 nitrogen and oxygen atoms in total. The van der Waals surface area contributed by atoms with Gasteiger partial charge in [0.15, 0.2) is 5.78 Å². The molecule has 0 unspecified atom stereocenters. The lowest BCUT2D eigenvalue weighted by molar-refractivity contribution is 0.103. The van der Waals surface area contributed by atoms with Crippen LogP contribution < -0.4 is 0 Å². The molecule has 0 amide bonds. The molecule has 104 valence electrons. The molecule has 0 aliphatic carbocycles. The van der Waals surface area contributed by atoms with Crippen molar-refractivity contribution in [2.24, 2.45) is 0 Å². The van der Waals surface area contributed by atoms with Crippen LogP contribution >= 0.6 is 11.6 Å². The molecule has 0 saturated carbocycles. The number of hydrogen-bond donors (Lipinski definition) is 0. The minimum absolute atomic E-state index is 0.0273. The summed E-state index contributed by atoms with van der Waals surface area (Å²) in [6.07, 6.45) is 1.65. The highest BCUT2D eigenvalue weighted by atomic mass is 35.5. The van der Waals surface area contributed by atoms with Gasteiger partial charge in [-0.1, -0.05) is 37.6 Å². The molecule has 0 fully saturated rings. The molecule has 0 N–H and O–H groups in total. The zero-order chi connectivity index (χ0) is 14.7. The van der Waals surface area contributed by atoms with Crippen molar-refractivity contribution < 1.29 is 9.18 Å². The van der Waals surface area contributed by atoms with Crippen molar-refractivity contribution in [2.75, 3.05) is 0 Å². The standard InChI is InChI=1S/C17H16ClFO/c1-3-11-5-6-12(4-2)14(9-11)17(20)13-7-8-16(19)15(18)10-13/h5-10H,3-4H2,1-2H3. The summed E-state index contributed by atoms with van der Waals surface area (Å²) in [7, 11) is 0. The van der Waals surface area contributed by atoms with E-state index in [0.29, 0.717) is 11.1 Å². The van der Waals surface area contributed by atoms with Gasteiger partial charge in [-0.3, -0.25) is 4.79 Å². The lowest BCUT2D eigenvalue weighted by Gasteiger charge is -2.09. The predicted molar refractivity (Wildman–Crippen MR) is 80.0 cm³/mol. The van der Waals surface area contributed by atoms with Crippen molar-refractivity contribution in [2.45, 2.75) is 26.7 Å². The van der Waals surface area contributed by atoms with E-state index >= 15 is 0 Å². The summed E-state index contributed by atoms with van der Waals surface area (Å²) < 4.78 is 13.2. The Labute approximate surface area is 123 Å². The summed E-state index contributed by atoms with van der Waals surface area (Å²) in [4.78, 5) is 12.6. The van der Waals surface area contributed by atoms with E-state index in [0.717, 1.165) is 24.0 Å². The second-order valence-electron chi connectivity index (χ2n) is 4.66. The number of carbonyl (C=O) groups excluding carboxylic acids is 1. The molecule has 2 rings (SSSR count). The Bertz CT molecular complexity index is 649. The molecule has 2 aromatic carbocycles. The quantitative estimate of drug-likeness (QED) is 0.737. The van der Waals surface area contributed by atoms with E-state index in [2.05, 4.69) is 0 Å². The first-order valence-electron chi connectivity index (χ1n) is 6.68. The number of benzene rings is 2. The van der Waals surface area contributed by atoms with Crippen molar-refractivity contribution in [1.29, 1.82) is 0 Å². The monoisotopic (exact) mass is 290 g/mol. The van der Waals surface area contributed by atoms with Crippen LogP contribution in [0.2, 0.25) is 5.02 Å². The summed E-state index contributed by atoms with van der Waals surface area (Å²) in [5.74, 6) is -0.625. The summed E-state index contributed by atoms with van der Waals surface area (Å²) in [6.45, 7) is 4.05. The molecular weight excluding hydrogens is 275 g/mol. The highest BCUT2D eigenvalue weighted by Crippen LogP contribution is 2.21.